The van der Waals surface area contributed by atoms with E-state index in [2.05, 4.69) is 6.92 Å². The lowest BCUT2D eigenvalue weighted by molar-refractivity contribution is -0.146. The van der Waals surface area contributed by atoms with Gasteiger partial charge in [0.15, 0.2) is 12.9 Å². The summed E-state index contributed by atoms with van der Waals surface area (Å²) < 4.78 is 10.3. The van der Waals surface area contributed by atoms with Crippen LogP contribution in [0.1, 0.15) is 43.0 Å². The molecule has 0 heterocycles. The zero-order valence-corrected chi connectivity index (χ0v) is 11.3. The Bertz CT molecular complexity index is 401. The first kappa shape index (κ1) is 15.2. The van der Waals surface area contributed by atoms with Crippen molar-refractivity contribution in [2.24, 2.45) is 0 Å². The molecule has 0 saturated heterocycles. The van der Waals surface area contributed by atoms with Crippen LogP contribution in [-0.2, 0) is 9.53 Å². The molecule has 0 atom stereocenters. The maximum absolute atomic E-state index is 11.4. The lowest BCUT2D eigenvalue weighted by Crippen LogP contribution is -2.16. The van der Waals surface area contributed by atoms with Gasteiger partial charge in [-0.2, -0.15) is 0 Å². The lowest BCUT2D eigenvalue weighted by Gasteiger charge is -2.08. The zero-order chi connectivity index (χ0) is 13.9. The molecule has 1 rings (SSSR count). The Morgan fingerprint density at radius 2 is 2.00 bits per heavy atom. The van der Waals surface area contributed by atoms with Crippen molar-refractivity contribution in [3.8, 4) is 5.75 Å². The molecule has 0 aromatic heterocycles. The number of aldehydes is 1. The molecule has 0 aliphatic heterocycles. The van der Waals surface area contributed by atoms with Crippen LogP contribution in [0, 0.1) is 0 Å². The standard InChI is InChI=1S/C15H20O4/c1-2-3-4-7-10-18-15(17)12-19-14-9-6-5-8-13(14)11-16/h5-6,8-9,11H,2-4,7,10,12H2,1H3. The van der Waals surface area contributed by atoms with Gasteiger partial charge in [-0.15, -0.1) is 0 Å². The zero-order valence-electron chi connectivity index (χ0n) is 11.3. The van der Waals surface area contributed by atoms with Crippen LogP contribution in [0.3, 0.4) is 0 Å². The molecule has 0 aliphatic carbocycles. The molecule has 1 aromatic carbocycles. The molecular formula is C15H20O4. The lowest BCUT2D eigenvalue weighted by atomic mass is 10.2. The van der Waals surface area contributed by atoms with Crippen molar-refractivity contribution in [3.63, 3.8) is 0 Å². The molecule has 0 spiro atoms. The maximum Gasteiger partial charge on any atom is 0.344 e. The Hall–Kier alpha value is -1.84. The average molecular weight is 264 g/mol. The Morgan fingerprint density at radius 1 is 1.21 bits per heavy atom. The molecule has 1 aromatic rings. The molecule has 0 bridgehead atoms. The number of rotatable bonds is 9. The first-order valence-electron chi connectivity index (χ1n) is 6.60. The van der Waals surface area contributed by atoms with Crippen molar-refractivity contribution in [3.05, 3.63) is 29.8 Å². The molecule has 104 valence electrons. The van der Waals surface area contributed by atoms with E-state index in [0.717, 1.165) is 25.7 Å². The number of hydrogen-bond donors (Lipinski definition) is 0. The number of esters is 1. The largest absolute Gasteiger partial charge is 0.481 e. The van der Waals surface area contributed by atoms with Gasteiger partial charge in [-0.05, 0) is 18.6 Å². The van der Waals surface area contributed by atoms with Gasteiger partial charge in [0, 0.05) is 0 Å². The number of ether oxygens (including phenoxy) is 2. The number of carbonyl (C=O) groups excluding carboxylic acids is 2. The van der Waals surface area contributed by atoms with E-state index in [9.17, 15) is 9.59 Å². The highest BCUT2D eigenvalue weighted by molar-refractivity contribution is 5.79. The van der Waals surface area contributed by atoms with Crippen LogP contribution in [0.4, 0.5) is 0 Å². The predicted molar refractivity (Wildman–Crippen MR) is 72.4 cm³/mol. The Balaban J connectivity index is 2.24. The van der Waals surface area contributed by atoms with Crippen LogP contribution in [0.2, 0.25) is 0 Å². The molecule has 4 heteroatoms. The number of para-hydroxylation sites is 1. The molecule has 0 amide bonds. The topological polar surface area (TPSA) is 52.6 Å². The van der Waals surface area contributed by atoms with Crippen molar-refractivity contribution in [1.82, 2.24) is 0 Å². The molecule has 0 unspecified atom stereocenters. The summed E-state index contributed by atoms with van der Waals surface area (Å²) >= 11 is 0. The summed E-state index contributed by atoms with van der Waals surface area (Å²) in [4.78, 5) is 22.2. The fourth-order valence-electron chi connectivity index (χ4n) is 1.60. The highest BCUT2D eigenvalue weighted by Gasteiger charge is 2.06. The van der Waals surface area contributed by atoms with Crippen LogP contribution >= 0.6 is 0 Å². The maximum atomic E-state index is 11.4. The molecule has 0 fully saturated rings. The fourth-order valence-corrected chi connectivity index (χ4v) is 1.60. The molecule has 0 aliphatic rings. The third-order valence-electron chi connectivity index (χ3n) is 2.65. The van der Waals surface area contributed by atoms with E-state index in [1.165, 1.54) is 0 Å². The van der Waals surface area contributed by atoms with Crippen molar-refractivity contribution in [2.75, 3.05) is 13.2 Å². The second kappa shape index (κ2) is 9.14. The normalized spacial score (nSPS) is 9.95. The second-order valence-electron chi connectivity index (χ2n) is 4.23. The highest BCUT2D eigenvalue weighted by atomic mass is 16.6. The highest BCUT2D eigenvalue weighted by Crippen LogP contribution is 2.15. The van der Waals surface area contributed by atoms with E-state index in [1.54, 1.807) is 24.3 Å². The smallest absolute Gasteiger partial charge is 0.344 e. The van der Waals surface area contributed by atoms with Crippen molar-refractivity contribution in [2.45, 2.75) is 32.6 Å². The van der Waals surface area contributed by atoms with Gasteiger partial charge >= 0.3 is 5.97 Å². The Labute approximate surface area is 113 Å². The molecule has 0 N–H and O–H groups in total. The molecule has 0 radical (unpaired) electrons. The number of benzene rings is 1. The van der Waals surface area contributed by atoms with E-state index in [-0.39, 0.29) is 6.61 Å². The Morgan fingerprint density at radius 3 is 2.74 bits per heavy atom. The van der Waals surface area contributed by atoms with Gasteiger partial charge in [-0.25, -0.2) is 4.79 Å². The number of hydrogen-bond acceptors (Lipinski definition) is 4. The van der Waals surface area contributed by atoms with Crippen LogP contribution in [0.15, 0.2) is 24.3 Å². The summed E-state index contributed by atoms with van der Waals surface area (Å²) in [5, 5.41) is 0. The van der Waals surface area contributed by atoms with Crippen molar-refractivity contribution >= 4 is 12.3 Å². The summed E-state index contributed by atoms with van der Waals surface area (Å²) in [5.74, 6) is -0.00219. The summed E-state index contributed by atoms with van der Waals surface area (Å²) in [6.45, 7) is 2.39. The summed E-state index contributed by atoms with van der Waals surface area (Å²) in [5.41, 5.74) is 0.429. The minimum absolute atomic E-state index is 0.168. The van der Waals surface area contributed by atoms with E-state index in [1.807, 2.05) is 0 Å². The van der Waals surface area contributed by atoms with Crippen LogP contribution in [-0.4, -0.2) is 25.5 Å². The third kappa shape index (κ3) is 6.04. The van der Waals surface area contributed by atoms with Gasteiger partial charge in [0.25, 0.3) is 0 Å². The average Bonchev–Trinajstić information content (AvgIpc) is 2.45. The molecular weight excluding hydrogens is 244 g/mol. The first-order valence-corrected chi connectivity index (χ1v) is 6.60. The number of unbranched alkanes of at least 4 members (excludes halogenated alkanes) is 3. The van der Waals surface area contributed by atoms with E-state index in [4.69, 9.17) is 9.47 Å². The SMILES string of the molecule is CCCCCCOC(=O)COc1ccccc1C=O. The van der Waals surface area contributed by atoms with E-state index >= 15 is 0 Å². The summed E-state index contributed by atoms with van der Waals surface area (Å²) in [6.07, 6.45) is 4.95. The summed E-state index contributed by atoms with van der Waals surface area (Å²) in [6, 6.07) is 6.78. The van der Waals surface area contributed by atoms with Crippen LogP contribution in [0.5, 0.6) is 5.75 Å². The van der Waals surface area contributed by atoms with Gasteiger partial charge in [0.05, 0.1) is 12.2 Å². The van der Waals surface area contributed by atoms with Gasteiger partial charge < -0.3 is 9.47 Å². The molecule has 0 saturated carbocycles. The minimum atomic E-state index is -0.405. The first-order chi connectivity index (χ1) is 9.27. The van der Waals surface area contributed by atoms with E-state index < -0.39 is 5.97 Å². The third-order valence-corrected chi connectivity index (χ3v) is 2.65. The monoisotopic (exact) mass is 264 g/mol. The van der Waals surface area contributed by atoms with Gasteiger partial charge in [0.2, 0.25) is 0 Å². The second-order valence-corrected chi connectivity index (χ2v) is 4.23. The minimum Gasteiger partial charge on any atom is -0.481 e. The van der Waals surface area contributed by atoms with Crippen LogP contribution in [0.25, 0.3) is 0 Å². The van der Waals surface area contributed by atoms with Gasteiger partial charge in [-0.3, -0.25) is 4.79 Å². The molecule has 4 nitrogen and oxygen atoms in total. The number of carbonyl (C=O) groups is 2. The van der Waals surface area contributed by atoms with Gasteiger partial charge in [-0.1, -0.05) is 38.3 Å². The van der Waals surface area contributed by atoms with Crippen LogP contribution < -0.4 is 4.74 Å². The van der Waals surface area contributed by atoms with Crippen molar-refractivity contribution < 1.29 is 19.1 Å². The predicted octanol–water partition coefficient (Wildman–Crippen LogP) is 3.00. The van der Waals surface area contributed by atoms with Crippen molar-refractivity contribution in [1.29, 1.82) is 0 Å². The molecule has 19 heavy (non-hydrogen) atoms. The van der Waals surface area contributed by atoms with E-state index in [0.29, 0.717) is 24.2 Å². The quantitative estimate of drug-likeness (QED) is 0.391. The Kier molecular flexibility index (Phi) is 7.32. The fraction of sp³-hybridized carbons (Fsp3) is 0.467. The summed E-state index contributed by atoms with van der Waals surface area (Å²) in [7, 11) is 0. The van der Waals surface area contributed by atoms with Gasteiger partial charge in [0.1, 0.15) is 5.75 Å².